The Bertz CT molecular complexity index is 853. The van der Waals surface area contributed by atoms with Crippen molar-refractivity contribution in [2.45, 2.75) is 45.1 Å². The first-order valence-corrected chi connectivity index (χ1v) is 8.20. The number of nitrogens with zero attached hydrogens (tertiary/aromatic N) is 4. The lowest BCUT2D eigenvalue weighted by atomic mass is 10.1. The van der Waals surface area contributed by atoms with E-state index in [1.807, 2.05) is 6.92 Å². The SMILES string of the molecule is CCC(C)c1nc(CN(CC(F)(F)F)c2ccc(C#N)c(C(F)(F)F)c2)no1. The fourth-order valence-corrected chi connectivity index (χ4v) is 2.39. The molecule has 1 aromatic carbocycles. The summed E-state index contributed by atoms with van der Waals surface area (Å²) in [5.74, 6) is 0.0433. The lowest BCUT2D eigenvalue weighted by molar-refractivity contribution is -0.137. The summed E-state index contributed by atoms with van der Waals surface area (Å²) in [5.41, 5.74) is -2.35. The summed E-state index contributed by atoms with van der Waals surface area (Å²) in [6.07, 6.45) is -8.91. The number of benzene rings is 1. The summed E-state index contributed by atoms with van der Waals surface area (Å²) in [4.78, 5) is 4.67. The average molecular weight is 406 g/mol. The first-order chi connectivity index (χ1) is 12.9. The Balaban J connectivity index is 2.41. The van der Waals surface area contributed by atoms with Crippen molar-refractivity contribution in [1.29, 1.82) is 5.26 Å². The van der Waals surface area contributed by atoms with Crippen LogP contribution in [0.3, 0.4) is 0 Å². The van der Waals surface area contributed by atoms with E-state index in [-0.39, 0.29) is 23.3 Å². The Hall–Kier alpha value is -2.77. The van der Waals surface area contributed by atoms with Gasteiger partial charge in [-0.3, -0.25) is 0 Å². The molecule has 2 rings (SSSR count). The fraction of sp³-hybridized carbons (Fsp3) is 0.471. The second-order valence-electron chi connectivity index (χ2n) is 6.17. The van der Waals surface area contributed by atoms with Crippen molar-refractivity contribution in [2.75, 3.05) is 11.4 Å². The van der Waals surface area contributed by atoms with Crippen molar-refractivity contribution in [3.05, 3.63) is 41.0 Å². The minimum absolute atomic E-state index is 0.0857. The van der Waals surface area contributed by atoms with Gasteiger partial charge in [0.2, 0.25) is 5.89 Å². The molecule has 28 heavy (non-hydrogen) atoms. The maximum atomic E-state index is 13.1. The second-order valence-corrected chi connectivity index (χ2v) is 6.17. The first-order valence-electron chi connectivity index (χ1n) is 8.20. The van der Waals surface area contributed by atoms with Crippen LogP contribution in [0, 0.1) is 11.3 Å². The Kier molecular flexibility index (Phi) is 6.21. The zero-order valence-electron chi connectivity index (χ0n) is 14.9. The number of rotatable bonds is 6. The molecule has 0 N–H and O–H groups in total. The van der Waals surface area contributed by atoms with Gasteiger partial charge in [0.15, 0.2) is 5.82 Å². The topological polar surface area (TPSA) is 66.0 Å². The van der Waals surface area contributed by atoms with E-state index in [1.54, 1.807) is 6.92 Å². The van der Waals surface area contributed by atoms with Crippen molar-refractivity contribution in [1.82, 2.24) is 10.1 Å². The van der Waals surface area contributed by atoms with Crippen molar-refractivity contribution in [3.8, 4) is 6.07 Å². The maximum absolute atomic E-state index is 13.1. The first kappa shape index (κ1) is 21.5. The highest BCUT2D eigenvalue weighted by Crippen LogP contribution is 2.35. The fourth-order valence-electron chi connectivity index (χ4n) is 2.39. The van der Waals surface area contributed by atoms with Crippen molar-refractivity contribution >= 4 is 5.69 Å². The van der Waals surface area contributed by atoms with Crippen LogP contribution in [0.15, 0.2) is 22.7 Å². The molecule has 152 valence electrons. The zero-order chi connectivity index (χ0) is 21.1. The summed E-state index contributed by atoms with van der Waals surface area (Å²) in [5, 5.41) is 12.5. The van der Waals surface area contributed by atoms with Crippen LogP contribution >= 0.6 is 0 Å². The molecular formula is C17H16F6N4O. The van der Waals surface area contributed by atoms with Crippen molar-refractivity contribution < 1.29 is 30.9 Å². The largest absolute Gasteiger partial charge is 0.417 e. The van der Waals surface area contributed by atoms with Gasteiger partial charge in [-0.15, -0.1) is 0 Å². The average Bonchev–Trinajstić information content (AvgIpc) is 3.06. The van der Waals surface area contributed by atoms with Gasteiger partial charge in [0.1, 0.15) is 6.54 Å². The third kappa shape index (κ3) is 5.37. The number of halogens is 6. The highest BCUT2D eigenvalue weighted by molar-refractivity contribution is 5.55. The summed E-state index contributed by atoms with van der Waals surface area (Å²) >= 11 is 0. The van der Waals surface area contributed by atoms with Crippen LogP contribution in [0.5, 0.6) is 0 Å². The molecule has 5 nitrogen and oxygen atoms in total. The molecule has 11 heteroatoms. The van der Waals surface area contributed by atoms with Gasteiger partial charge in [-0.2, -0.15) is 36.6 Å². The Labute approximate surface area is 156 Å². The molecule has 0 saturated heterocycles. The van der Waals surface area contributed by atoms with Gasteiger partial charge in [-0.25, -0.2) is 0 Å². The van der Waals surface area contributed by atoms with Gasteiger partial charge < -0.3 is 9.42 Å². The molecule has 0 fully saturated rings. The summed E-state index contributed by atoms with van der Waals surface area (Å²) in [6.45, 7) is 1.62. The molecule has 2 aromatic rings. The number of nitriles is 1. The van der Waals surface area contributed by atoms with E-state index in [1.165, 1.54) is 6.07 Å². The number of alkyl halides is 6. The van der Waals surface area contributed by atoms with Gasteiger partial charge >= 0.3 is 12.4 Å². The molecule has 1 unspecified atom stereocenters. The van der Waals surface area contributed by atoms with E-state index in [0.29, 0.717) is 17.4 Å². The second kappa shape index (κ2) is 8.08. The molecule has 0 spiro atoms. The van der Waals surface area contributed by atoms with Crippen LogP contribution in [0.25, 0.3) is 0 Å². The minimum Gasteiger partial charge on any atom is -0.355 e. The number of hydrogen-bond acceptors (Lipinski definition) is 5. The van der Waals surface area contributed by atoms with Crippen LogP contribution in [0.4, 0.5) is 32.0 Å². The summed E-state index contributed by atoms with van der Waals surface area (Å²) in [7, 11) is 0. The minimum atomic E-state index is -4.89. The molecular weight excluding hydrogens is 390 g/mol. The standard InChI is InChI=1S/C17H16F6N4O/c1-3-10(2)15-25-14(26-28-15)8-27(9-16(18,19)20)12-5-4-11(7-24)13(6-12)17(21,22)23/h4-6,10H,3,8-9H2,1-2H3. The van der Waals surface area contributed by atoms with E-state index in [0.717, 1.165) is 12.1 Å². The Morgan fingerprint density at radius 3 is 2.43 bits per heavy atom. The molecule has 0 aliphatic carbocycles. The van der Waals surface area contributed by atoms with Crippen LogP contribution in [-0.2, 0) is 12.7 Å². The molecule has 0 amide bonds. The molecule has 0 radical (unpaired) electrons. The highest BCUT2D eigenvalue weighted by Gasteiger charge is 2.36. The zero-order valence-corrected chi connectivity index (χ0v) is 14.9. The maximum Gasteiger partial charge on any atom is 0.417 e. The van der Waals surface area contributed by atoms with E-state index >= 15 is 0 Å². The van der Waals surface area contributed by atoms with Crippen molar-refractivity contribution in [3.63, 3.8) is 0 Å². The summed E-state index contributed by atoms with van der Waals surface area (Å²) in [6, 6.07) is 3.76. The van der Waals surface area contributed by atoms with Crippen LogP contribution in [0.1, 0.15) is 49.0 Å². The molecule has 0 aliphatic rings. The van der Waals surface area contributed by atoms with Gasteiger partial charge in [-0.1, -0.05) is 19.0 Å². The Morgan fingerprint density at radius 1 is 1.21 bits per heavy atom. The van der Waals surface area contributed by atoms with E-state index in [2.05, 4.69) is 10.1 Å². The smallest absolute Gasteiger partial charge is 0.355 e. The van der Waals surface area contributed by atoms with E-state index in [4.69, 9.17) is 9.78 Å². The molecule has 0 aliphatic heterocycles. The van der Waals surface area contributed by atoms with Gasteiger partial charge in [0.05, 0.1) is 23.7 Å². The predicted octanol–water partition coefficient (Wildman–Crippen LogP) is 5.04. The number of hydrogen-bond donors (Lipinski definition) is 0. The predicted molar refractivity (Wildman–Crippen MR) is 86.3 cm³/mol. The lowest BCUT2D eigenvalue weighted by Gasteiger charge is -2.25. The number of aromatic nitrogens is 2. The van der Waals surface area contributed by atoms with Gasteiger partial charge in [0.25, 0.3) is 0 Å². The monoisotopic (exact) mass is 406 g/mol. The Morgan fingerprint density at radius 2 is 1.89 bits per heavy atom. The third-order valence-electron chi connectivity index (χ3n) is 4.01. The molecule has 0 saturated carbocycles. The normalized spacial score (nSPS) is 13.2. The van der Waals surface area contributed by atoms with Crippen LogP contribution in [-0.4, -0.2) is 22.9 Å². The van der Waals surface area contributed by atoms with Gasteiger partial charge in [0, 0.05) is 11.6 Å². The van der Waals surface area contributed by atoms with Crippen molar-refractivity contribution in [2.24, 2.45) is 0 Å². The number of anilines is 1. The van der Waals surface area contributed by atoms with Crippen LogP contribution < -0.4 is 4.90 Å². The van der Waals surface area contributed by atoms with E-state index < -0.39 is 36.6 Å². The highest BCUT2D eigenvalue weighted by atomic mass is 19.4. The lowest BCUT2D eigenvalue weighted by Crippen LogP contribution is -2.34. The molecule has 1 atom stereocenters. The van der Waals surface area contributed by atoms with E-state index in [9.17, 15) is 26.3 Å². The molecule has 1 heterocycles. The van der Waals surface area contributed by atoms with Gasteiger partial charge in [-0.05, 0) is 24.6 Å². The van der Waals surface area contributed by atoms with Crippen LogP contribution in [0.2, 0.25) is 0 Å². The summed E-state index contributed by atoms with van der Waals surface area (Å²) < 4.78 is 83.4. The third-order valence-corrected chi connectivity index (χ3v) is 4.01. The quantitative estimate of drug-likeness (QED) is 0.629. The molecule has 0 bridgehead atoms. The molecule has 1 aromatic heterocycles.